The Morgan fingerprint density at radius 3 is 2.79 bits per heavy atom. The first-order valence-electron chi connectivity index (χ1n) is 6.15. The molecule has 0 saturated carbocycles. The molecule has 0 bridgehead atoms. The van der Waals surface area contributed by atoms with Gasteiger partial charge in [-0.05, 0) is 25.5 Å². The first-order valence-corrected chi connectivity index (χ1v) is 6.15. The molecule has 0 aromatic heterocycles. The minimum atomic E-state index is -1.04. The summed E-state index contributed by atoms with van der Waals surface area (Å²) in [5.74, 6) is -0.435. The number of methoxy groups -OCH3 is 1. The van der Waals surface area contributed by atoms with Crippen molar-refractivity contribution in [1.82, 2.24) is 5.32 Å². The molecule has 0 heterocycles. The Bertz CT molecular complexity index is 443. The van der Waals surface area contributed by atoms with Gasteiger partial charge in [-0.3, -0.25) is 4.79 Å². The van der Waals surface area contributed by atoms with E-state index in [9.17, 15) is 15.0 Å². The van der Waals surface area contributed by atoms with Crippen LogP contribution in [0.2, 0.25) is 0 Å². The smallest absolute Gasteiger partial charge is 0.255 e. The second-order valence-electron chi connectivity index (χ2n) is 4.89. The molecule has 0 radical (unpaired) electrons. The van der Waals surface area contributed by atoms with Crippen LogP contribution >= 0.6 is 0 Å². The molecule has 0 aliphatic rings. The normalized spacial score (nSPS) is 13.9. The van der Waals surface area contributed by atoms with E-state index in [1.807, 2.05) is 0 Å². The van der Waals surface area contributed by atoms with Gasteiger partial charge in [-0.15, -0.1) is 0 Å². The van der Waals surface area contributed by atoms with Gasteiger partial charge in [0.1, 0.15) is 5.75 Å². The first-order chi connectivity index (χ1) is 8.87. The van der Waals surface area contributed by atoms with Gasteiger partial charge in [0.2, 0.25) is 0 Å². The van der Waals surface area contributed by atoms with Crippen molar-refractivity contribution in [2.24, 2.45) is 0 Å². The average molecular weight is 267 g/mol. The van der Waals surface area contributed by atoms with Crippen molar-refractivity contribution in [3.8, 4) is 5.75 Å². The predicted molar refractivity (Wildman–Crippen MR) is 72.3 cm³/mol. The fraction of sp³-hybridized carbons (Fsp3) is 0.500. The quantitative estimate of drug-likeness (QED) is 0.724. The van der Waals surface area contributed by atoms with Gasteiger partial charge in [-0.25, -0.2) is 0 Å². The van der Waals surface area contributed by atoms with Gasteiger partial charge >= 0.3 is 0 Å². The van der Waals surface area contributed by atoms with Crippen molar-refractivity contribution in [3.63, 3.8) is 0 Å². The molecule has 1 rings (SSSR count). The molecule has 5 nitrogen and oxygen atoms in total. The van der Waals surface area contributed by atoms with Crippen molar-refractivity contribution >= 4 is 5.91 Å². The van der Waals surface area contributed by atoms with E-state index in [0.29, 0.717) is 18.6 Å². The number of rotatable bonds is 6. The number of ether oxygens (including phenoxy) is 1. The Morgan fingerprint density at radius 2 is 2.16 bits per heavy atom. The lowest BCUT2D eigenvalue weighted by Crippen LogP contribution is -2.41. The molecular formula is C14H21NO4. The van der Waals surface area contributed by atoms with E-state index in [2.05, 4.69) is 5.32 Å². The minimum Gasteiger partial charge on any atom is -0.507 e. The van der Waals surface area contributed by atoms with E-state index < -0.39 is 11.5 Å². The van der Waals surface area contributed by atoms with Gasteiger partial charge in [0.25, 0.3) is 5.91 Å². The number of carbonyl (C=O) groups is 1. The van der Waals surface area contributed by atoms with Crippen LogP contribution < -0.4 is 5.32 Å². The van der Waals surface area contributed by atoms with Crippen LogP contribution in [-0.4, -0.2) is 42.0 Å². The Labute approximate surface area is 113 Å². The van der Waals surface area contributed by atoms with Gasteiger partial charge in [-0.1, -0.05) is 12.1 Å². The second-order valence-corrected chi connectivity index (χ2v) is 4.89. The monoisotopic (exact) mass is 267 g/mol. The highest BCUT2D eigenvalue weighted by Gasteiger charge is 2.22. The van der Waals surface area contributed by atoms with Crippen molar-refractivity contribution in [3.05, 3.63) is 29.3 Å². The van der Waals surface area contributed by atoms with E-state index in [-0.39, 0.29) is 17.9 Å². The van der Waals surface area contributed by atoms with Gasteiger partial charge < -0.3 is 20.3 Å². The van der Waals surface area contributed by atoms with Crippen molar-refractivity contribution in [2.45, 2.75) is 25.9 Å². The molecule has 19 heavy (non-hydrogen) atoms. The number of para-hydroxylation sites is 1. The second kappa shape index (κ2) is 6.54. The number of phenolic OH excluding ortho intramolecular Hbond substituents is 1. The third-order valence-electron chi connectivity index (χ3n) is 2.96. The summed E-state index contributed by atoms with van der Waals surface area (Å²) in [6.45, 7) is 3.87. The Morgan fingerprint density at radius 1 is 1.47 bits per heavy atom. The first kappa shape index (κ1) is 15.5. The van der Waals surface area contributed by atoms with Gasteiger partial charge in [0.05, 0.1) is 11.2 Å². The molecule has 0 spiro atoms. The summed E-state index contributed by atoms with van der Waals surface area (Å²) < 4.78 is 4.89. The molecule has 1 amide bonds. The van der Waals surface area contributed by atoms with Crippen molar-refractivity contribution in [1.29, 1.82) is 0 Å². The molecule has 1 unspecified atom stereocenters. The number of carbonyl (C=O) groups excluding carboxylic acids is 1. The molecule has 1 aromatic rings. The van der Waals surface area contributed by atoms with E-state index in [1.54, 1.807) is 39.2 Å². The number of nitrogens with one attached hydrogen (secondary N) is 1. The fourth-order valence-corrected chi connectivity index (χ4v) is 1.62. The molecule has 1 aromatic carbocycles. The van der Waals surface area contributed by atoms with E-state index in [0.717, 1.165) is 0 Å². The van der Waals surface area contributed by atoms with Crippen LogP contribution in [0.25, 0.3) is 0 Å². The van der Waals surface area contributed by atoms with Crippen LogP contribution in [0.4, 0.5) is 0 Å². The number of hydrogen-bond acceptors (Lipinski definition) is 4. The Balaban J connectivity index is 2.63. The lowest BCUT2D eigenvalue weighted by molar-refractivity contribution is 0.0243. The van der Waals surface area contributed by atoms with Gasteiger partial charge in [0, 0.05) is 26.7 Å². The minimum absolute atomic E-state index is 0.0310. The number of hydrogen-bond donors (Lipinski definition) is 3. The average Bonchev–Trinajstić information content (AvgIpc) is 2.37. The zero-order chi connectivity index (χ0) is 14.5. The van der Waals surface area contributed by atoms with Crippen molar-refractivity contribution in [2.75, 3.05) is 20.3 Å². The zero-order valence-electron chi connectivity index (χ0n) is 11.6. The number of aliphatic hydroxyl groups is 1. The summed E-state index contributed by atoms with van der Waals surface area (Å²) in [6, 6.07) is 4.97. The summed E-state index contributed by atoms with van der Waals surface area (Å²) in [6.07, 6.45) is 0.420. The SMILES string of the molecule is COCCC(C)(O)CNC(=O)c1cccc(C)c1O. The lowest BCUT2D eigenvalue weighted by atomic mass is 10.0. The summed E-state index contributed by atoms with van der Waals surface area (Å²) in [7, 11) is 1.56. The lowest BCUT2D eigenvalue weighted by Gasteiger charge is -2.23. The summed E-state index contributed by atoms with van der Waals surface area (Å²) >= 11 is 0. The van der Waals surface area contributed by atoms with E-state index in [4.69, 9.17) is 4.74 Å². The molecule has 0 fully saturated rings. The summed E-state index contributed by atoms with van der Waals surface area (Å²) in [5.41, 5.74) is -0.188. The van der Waals surface area contributed by atoms with Crippen molar-refractivity contribution < 1.29 is 19.7 Å². The van der Waals surface area contributed by atoms with E-state index in [1.165, 1.54) is 0 Å². The topological polar surface area (TPSA) is 78.8 Å². The molecule has 3 N–H and O–H groups in total. The van der Waals surface area contributed by atoms with Crippen LogP contribution in [0.5, 0.6) is 5.75 Å². The molecule has 0 saturated heterocycles. The Kier molecular flexibility index (Phi) is 5.32. The largest absolute Gasteiger partial charge is 0.507 e. The number of aromatic hydroxyl groups is 1. The maximum atomic E-state index is 11.9. The highest BCUT2D eigenvalue weighted by Crippen LogP contribution is 2.21. The zero-order valence-corrected chi connectivity index (χ0v) is 11.6. The Hall–Kier alpha value is -1.59. The van der Waals surface area contributed by atoms with E-state index >= 15 is 0 Å². The summed E-state index contributed by atoms with van der Waals surface area (Å²) in [5, 5.41) is 22.4. The number of aryl methyl sites for hydroxylation is 1. The highest BCUT2D eigenvalue weighted by atomic mass is 16.5. The van der Waals surface area contributed by atoms with Crippen LogP contribution in [0.1, 0.15) is 29.3 Å². The molecule has 106 valence electrons. The van der Waals surface area contributed by atoms with Crippen LogP contribution in [0.3, 0.4) is 0 Å². The molecular weight excluding hydrogens is 246 g/mol. The number of phenols is 1. The number of benzene rings is 1. The molecule has 5 heteroatoms. The van der Waals surface area contributed by atoms with Gasteiger partial charge in [-0.2, -0.15) is 0 Å². The molecule has 1 atom stereocenters. The summed E-state index contributed by atoms with van der Waals surface area (Å²) in [4.78, 5) is 11.9. The van der Waals surface area contributed by atoms with Crippen LogP contribution in [0, 0.1) is 6.92 Å². The van der Waals surface area contributed by atoms with Crippen LogP contribution in [-0.2, 0) is 4.74 Å². The third kappa shape index (κ3) is 4.54. The highest BCUT2D eigenvalue weighted by molar-refractivity contribution is 5.97. The maximum Gasteiger partial charge on any atom is 0.255 e. The van der Waals surface area contributed by atoms with Gasteiger partial charge in [0.15, 0.2) is 0 Å². The van der Waals surface area contributed by atoms with Crippen LogP contribution in [0.15, 0.2) is 18.2 Å². The fourth-order valence-electron chi connectivity index (χ4n) is 1.62. The standard InChI is InChI=1S/C14H21NO4/c1-10-5-4-6-11(12(10)16)13(17)15-9-14(2,18)7-8-19-3/h4-6,16,18H,7-9H2,1-3H3,(H,15,17). The third-order valence-corrected chi connectivity index (χ3v) is 2.96. The number of amides is 1. The maximum absolute atomic E-state index is 11.9. The molecule has 0 aliphatic heterocycles. The predicted octanol–water partition coefficient (Wildman–Crippen LogP) is 1.22. The molecule has 0 aliphatic carbocycles.